The summed E-state index contributed by atoms with van der Waals surface area (Å²) < 4.78 is 3.94. The van der Waals surface area contributed by atoms with E-state index in [0.29, 0.717) is 4.22 Å². The molecule has 0 fully saturated rings. The average Bonchev–Trinajstić information content (AvgIpc) is 3.09. The van der Waals surface area contributed by atoms with Crippen molar-refractivity contribution in [1.29, 1.82) is 0 Å². The molecule has 1 aliphatic carbocycles. The molecule has 1 aromatic heterocycles. The second-order valence-corrected chi connectivity index (χ2v) is 27.5. The average molecular weight is 406 g/mol. The van der Waals surface area contributed by atoms with Gasteiger partial charge in [0.05, 0.1) is 0 Å². The fraction of sp³-hybridized carbons (Fsp3) is 0.316. The van der Waals surface area contributed by atoms with Crippen molar-refractivity contribution in [1.82, 2.24) is 0 Å². The Morgan fingerprint density at radius 3 is 2.17 bits per heavy atom. The van der Waals surface area contributed by atoms with Gasteiger partial charge >= 0.3 is 128 Å². The molecule has 0 bridgehead atoms. The molecule has 1 aliphatic rings. The standard InChI is InChI=1S/C9H7.C4H4P.C3H6.3CH3.2ClH.Ti/c1-2-5-9-7-3-6-8(9)4-1;1-2-4-5-3-1;1-3-2;;;;;;/h1-7H;1-3,5H;1-2H3;3*1H3;2*1H;. The van der Waals surface area contributed by atoms with Crippen molar-refractivity contribution in [2.24, 2.45) is 0 Å². The first-order valence-electron chi connectivity index (χ1n) is 7.85. The molecule has 0 spiro atoms. The number of benzene rings is 1. The molecule has 127 valence electrons. The molecule has 1 aromatic carbocycles. The van der Waals surface area contributed by atoms with E-state index in [0.717, 1.165) is 8.19 Å². The van der Waals surface area contributed by atoms with Gasteiger partial charge in [-0.15, -0.1) is 24.8 Å². The molecule has 2 aromatic rings. The number of hydrogen-bond acceptors (Lipinski definition) is 0. The number of allylic oxidation sites excluding steroid dienone is 1. The van der Waals surface area contributed by atoms with E-state index in [4.69, 9.17) is 0 Å². The molecule has 4 heteroatoms. The first-order chi connectivity index (χ1) is 9.70. The van der Waals surface area contributed by atoms with Gasteiger partial charge in [0.15, 0.2) is 0 Å². The second-order valence-electron chi connectivity index (χ2n) is 8.83. The van der Waals surface area contributed by atoms with Crippen molar-refractivity contribution in [2.45, 2.75) is 33.8 Å². The van der Waals surface area contributed by atoms with Crippen LogP contribution >= 0.6 is 33.0 Å². The third-order valence-corrected chi connectivity index (χ3v) is 27.2. The molecule has 3 rings (SSSR count). The predicted molar refractivity (Wildman–Crippen MR) is 112 cm³/mol. The van der Waals surface area contributed by atoms with Gasteiger partial charge in [-0.25, -0.2) is 0 Å². The van der Waals surface area contributed by atoms with Gasteiger partial charge in [0.25, 0.3) is 0 Å². The van der Waals surface area contributed by atoms with Gasteiger partial charge in [-0.2, -0.15) is 0 Å². The zero-order chi connectivity index (χ0) is 15.4. The quantitative estimate of drug-likeness (QED) is 0.497. The Hall–Kier alpha value is -0.0957. The van der Waals surface area contributed by atoms with E-state index in [9.17, 15) is 0 Å². The maximum absolute atomic E-state index is 3.52. The molecular weight excluding hydrogens is 378 g/mol. The van der Waals surface area contributed by atoms with Crippen LogP contribution in [0.2, 0.25) is 15.7 Å². The Balaban J connectivity index is 0.00000132. The van der Waals surface area contributed by atoms with Crippen molar-refractivity contribution in [3.05, 3.63) is 59.4 Å². The molecule has 0 nitrogen and oxygen atoms in total. The first kappa shape index (κ1) is 20.9. The maximum atomic E-state index is 2.64. The fourth-order valence-electron chi connectivity index (χ4n) is 3.97. The van der Waals surface area contributed by atoms with Gasteiger partial charge in [-0.1, -0.05) is 0 Å². The van der Waals surface area contributed by atoms with Crippen molar-refractivity contribution in [3.8, 4) is 0 Å². The van der Waals surface area contributed by atoms with Crippen LogP contribution in [0.4, 0.5) is 0 Å². The molecule has 0 amide bonds. The second kappa shape index (κ2) is 6.01. The molecule has 1 heterocycles. The van der Waals surface area contributed by atoms with E-state index in [1.165, 1.54) is 11.1 Å². The molecule has 0 aliphatic heterocycles. The molecule has 0 saturated heterocycles. The fourth-order valence-corrected chi connectivity index (χ4v) is 17.2. The molecule has 2 atom stereocenters. The molecule has 0 N–H and O–H groups in total. The third kappa shape index (κ3) is 2.68. The van der Waals surface area contributed by atoms with Crippen LogP contribution < -0.4 is 3.60 Å². The smallest absolute Gasteiger partial charge is 0.147 e. The van der Waals surface area contributed by atoms with E-state index in [2.05, 4.69) is 83.9 Å². The molecule has 0 radical (unpaired) electrons. The van der Waals surface area contributed by atoms with Crippen LogP contribution in [0.5, 0.6) is 0 Å². The topological polar surface area (TPSA) is 0 Å². The van der Waals surface area contributed by atoms with E-state index in [-0.39, 0.29) is 24.8 Å². The minimum atomic E-state index is -3.52. The molecule has 0 saturated carbocycles. The van der Waals surface area contributed by atoms with Gasteiger partial charge in [-0.3, -0.25) is 0 Å². The SMILES string of the molecule is C[C](C)=[Ti]([CH3])([CH3])([CH3])([c]1ccc[pH]1)[CH]1C=Cc2ccccc21.Cl.Cl. The minimum absolute atomic E-state index is 0. The summed E-state index contributed by atoms with van der Waals surface area (Å²) in [6.45, 7) is 4.76. The summed E-state index contributed by atoms with van der Waals surface area (Å²) in [5.74, 6) is 2.35. The van der Waals surface area contributed by atoms with Crippen LogP contribution in [0, 0.1) is 0 Å². The van der Waals surface area contributed by atoms with Crippen molar-refractivity contribution >= 4 is 46.5 Å². The molecule has 2 unspecified atom stereocenters. The Morgan fingerprint density at radius 2 is 1.61 bits per heavy atom. The van der Waals surface area contributed by atoms with Gasteiger partial charge in [0, 0.05) is 0 Å². The van der Waals surface area contributed by atoms with Crippen LogP contribution in [0.15, 0.2) is 48.3 Å². The summed E-state index contributed by atoms with van der Waals surface area (Å²) in [6, 6.07) is 13.6. The van der Waals surface area contributed by atoms with Crippen LogP contribution in [-0.4, -0.2) is 3.81 Å². The maximum Gasteiger partial charge on any atom is -0.147 e. The van der Waals surface area contributed by atoms with Crippen LogP contribution in [0.3, 0.4) is 0 Å². The van der Waals surface area contributed by atoms with Gasteiger partial charge in [0.2, 0.25) is 0 Å². The number of hydrogen-bond donors (Lipinski definition) is 0. The largest absolute Gasteiger partial charge is 0.147 e. The van der Waals surface area contributed by atoms with E-state index < -0.39 is 13.6 Å². The number of halogens is 2. The monoisotopic (exact) mass is 405 g/mol. The van der Waals surface area contributed by atoms with Crippen molar-refractivity contribution in [2.75, 3.05) is 0 Å². The summed E-state index contributed by atoms with van der Waals surface area (Å²) in [5, 5.41) is 7.91. The van der Waals surface area contributed by atoms with E-state index in [1.54, 1.807) is 7.41 Å². The Bertz CT molecular complexity index is 820. The summed E-state index contributed by atoms with van der Waals surface area (Å²) in [6.07, 6.45) is 4.83. The Kier molecular flexibility index (Phi) is 5.47. The van der Waals surface area contributed by atoms with E-state index >= 15 is 0 Å². The minimum Gasteiger partial charge on any atom is -0.147 e. The van der Waals surface area contributed by atoms with E-state index in [1.807, 2.05) is 0 Å². The van der Waals surface area contributed by atoms with Gasteiger partial charge in [-0.05, 0) is 0 Å². The normalized spacial score (nSPS) is 19.3. The van der Waals surface area contributed by atoms with Crippen LogP contribution in [0.1, 0.15) is 29.2 Å². The summed E-state index contributed by atoms with van der Waals surface area (Å²) in [4.78, 5) is 0. The van der Waals surface area contributed by atoms with Crippen molar-refractivity contribution in [3.63, 3.8) is 0 Å². The zero-order valence-electron chi connectivity index (χ0n) is 14.6. The number of fused-ring (bicyclic) bond motifs is 1. The predicted octanol–water partition coefficient (Wildman–Crippen LogP) is 6.54. The van der Waals surface area contributed by atoms with Crippen molar-refractivity contribution < 1.29 is 13.6 Å². The molecule has 23 heavy (non-hydrogen) atoms. The summed E-state index contributed by atoms with van der Waals surface area (Å²) in [7, 11) is 0.859. The summed E-state index contributed by atoms with van der Waals surface area (Å²) >= 11 is -3.52. The molecular formula is C19H28Cl2PTi. The van der Waals surface area contributed by atoms with Gasteiger partial charge in [0.1, 0.15) is 0 Å². The first-order valence-corrected chi connectivity index (χ1v) is 16.1. The number of rotatable bonds is 2. The van der Waals surface area contributed by atoms with Crippen LogP contribution in [-0.2, 0) is 13.6 Å². The summed E-state index contributed by atoms with van der Waals surface area (Å²) in [5.41, 5.74) is 2.95. The third-order valence-electron chi connectivity index (χ3n) is 6.78. The van der Waals surface area contributed by atoms with Gasteiger partial charge < -0.3 is 0 Å². The zero-order valence-corrected chi connectivity index (χ0v) is 18.8. The Morgan fingerprint density at radius 1 is 0.957 bits per heavy atom. The Labute approximate surface area is 152 Å². The van der Waals surface area contributed by atoms with Crippen LogP contribution in [0.25, 0.3) is 6.08 Å².